The first-order chi connectivity index (χ1) is 12.9. The molecule has 27 heavy (non-hydrogen) atoms. The van der Waals surface area contributed by atoms with Crippen molar-refractivity contribution in [1.29, 1.82) is 0 Å². The van der Waals surface area contributed by atoms with Gasteiger partial charge in [-0.15, -0.1) is 0 Å². The average Bonchev–Trinajstić information content (AvgIpc) is 2.61. The van der Waals surface area contributed by atoms with E-state index >= 15 is 0 Å². The van der Waals surface area contributed by atoms with E-state index in [1.54, 1.807) is 24.3 Å². The quantitative estimate of drug-likeness (QED) is 0.675. The Kier molecular flexibility index (Phi) is 5.38. The van der Waals surface area contributed by atoms with E-state index in [4.69, 9.17) is 4.74 Å². The molecule has 0 amide bonds. The van der Waals surface area contributed by atoms with Crippen molar-refractivity contribution in [3.8, 4) is 0 Å². The van der Waals surface area contributed by atoms with Crippen LogP contribution in [0.2, 0.25) is 0 Å². The van der Waals surface area contributed by atoms with E-state index in [1.165, 1.54) is 32.1 Å². The Labute approximate surface area is 164 Å². The lowest BCUT2D eigenvalue weighted by Crippen LogP contribution is -2.57. The van der Waals surface area contributed by atoms with Crippen LogP contribution < -0.4 is 4.72 Å². The van der Waals surface area contributed by atoms with Crippen LogP contribution >= 0.6 is 0 Å². The molecule has 5 heteroatoms. The van der Waals surface area contributed by atoms with Crippen molar-refractivity contribution in [2.75, 3.05) is 13.2 Å². The number of benzene rings is 1. The van der Waals surface area contributed by atoms with Gasteiger partial charge in [0.05, 0.1) is 10.5 Å². The lowest BCUT2D eigenvalue weighted by Gasteiger charge is -2.60. The summed E-state index contributed by atoms with van der Waals surface area (Å²) in [6.07, 6.45) is 7.20. The smallest absolute Gasteiger partial charge is 0.240 e. The molecule has 4 nitrogen and oxygen atoms in total. The summed E-state index contributed by atoms with van der Waals surface area (Å²) in [7, 11) is -3.41. The maximum Gasteiger partial charge on any atom is 0.240 e. The van der Waals surface area contributed by atoms with Crippen molar-refractivity contribution in [1.82, 2.24) is 4.72 Å². The van der Waals surface area contributed by atoms with Crippen LogP contribution in [-0.4, -0.2) is 27.2 Å². The van der Waals surface area contributed by atoms with Crippen LogP contribution in [0.25, 0.3) is 0 Å². The highest BCUT2D eigenvalue weighted by molar-refractivity contribution is 7.89. The molecule has 150 valence electrons. The monoisotopic (exact) mass is 391 g/mol. The number of ether oxygens (including phenoxy) is 1. The summed E-state index contributed by atoms with van der Waals surface area (Å²) in [4.78, 5) is 0.326. The van der Waals surface area contributed by atoms with E-state index < -0.39 is 10.0 Å². The fourth-order valence-corrected chi connectivity index (χ4v) is 7.60. The number of sulfonamides is 1. The predicted octanol–water partition coefficient (Wildman–Crippen LogP) is 4.22. The second-order valence-corrected chi connectivity index (χ2v) is 11.2. The summed E-state index contributed by atoms with van der Waals surface area (Å²) in [6, 6.07) is 8.56. The van der Waals surface area contributed by atoms with E-state index in [1.807, 2.05) is 6.07 Å². The van der Waals surface area contributed by atoms with Crippen LogP contribution in [0.5, 0.6) is 0 Å². The van der Waals surface area contributed by atoms with Crippen LogP contribution in [0.1, 0.15) is 52.4 Å². The van der Waals surface area contributed by atoms with Gasteiger partial charge in [0.2, 0.25) is 10.0 Å². The summed E-state index contributed by atoms with van der Waals surface area (Å²) < 4.78 is 33.7. The van der Waals surface area contributed by atoms with Gasteiger partial charge < -0.3 is 4.74 Å². The van der Waals surface area contributed by atoms with Gasteiger partial charge in [-0.25, -0.2) is 13.1 Å². The normalized spacial score (nSPS) is 35.1. The van der Waals surface area contributed by atoms with E-state index in [2.05, 4.69) is 18.6 Å². The minimum atomic E-state index is -3.41. The first kappa shape index (κ1) is 19.4. The SMILES string of the molecule is CC(C)C1C2CC3CC1CC(OCCCNS(=O)(=O)c1ccccc1)(C3)C2. The number of nitrogens with one attached hydrogen (secondary N) is 1. The third-order valence-electron chi connectivity index (χ3n) is 7.13. The molecule has 1 N–H and O–H groups in total. The van der Waals surface area contributed by atoms with E-state index in [0.717, 1.165) is 36.0 Å². The van der Waals surface area contributed by atoms with Gasteiger partial charge in [0, 0.05) is 13.2 Å². The summed E-state index contributed by atoms with van der Waals surface area (Å²) in [5, 5.41) is 0. The summed E-state index contributed by atoms with van der Waals surface area (Å²) in [6.45, 7) is 5.85. The van der Waals surface area contributed by atoms with Gasteiger partial charge in [0.15, 0.2) is 0 Å². The summed E-state index contributed by atoms with van der Waals surface area (Å²) >= 11 is 0. The first-order valence-corrected chi connectivity index (χ1v) is 12.1. The van der Waals surface area contributed by atoms with Crippen molar-refractivity contribution in [2.24, 2.45) is 29.6 Å². The predicted molar refractivity (Wildman–Crippen MR) is 107 cm³/mol. The lowest BCUT2D eigenvalue weighted by atomic mass is 9.48. The van der Waals surface area contributed by atoms with E-state index in [9.17, 15) is 8.42 Å². The second-order valence-electron chi connectivity index (χ2n) is 9.39. The average molecular weight is 392 g/mol. The van der Waals surface area contributed by atoms with Crippen molar-refractivity contribution < 1.29 is 13.2 Å². The maximum atomic E-state index is 12.3. The third-order valence-corrected chi connectivity index (χ3v) is 8.61. The topological polar surface area (TPSA) is 55.4 Å². The van der Waals surface area contributed by atoms with Gasteiger partial charge in [0.25, 0.3) is 0 Å². The molecule has 4 fully saturated rings. The molecule has 4 saturated carbocycles. The molecule has 0 saturated heterocycles. The first-order valence-electron chi connectivity index (χ1n) is 10.6. The molecule has 4 aliphatic rings. The molecule has 0 aromatic heterocycles. The highest BCUT2D eigenvalue weighted by atomic mass is 32.2. The molecule has 2 unspecified atom stereocenters. The number of rotatable bonds is 8. The van der Waals surface area contributed by atoms with Gasteiger partial charge in [-0.3, -0.25) is 0 Å². The van der Waals surface area contributed by atoms with Gasteiger partial charge in [-0.1, -0.05) is 32.0 Å². The van der Waals surface area contributed by atoms with Crippen molar-refractivity contribution in [3.63, 3.8) is 0 Å². The number of hydrogen-bond acceptors (Lipinski definition) is 3. The second kappa shape index (κ2) is 7.49. The van der Waals surface area contributed by atoms with Gasteiger partial charge >= 0.3 is 0 Å². The van der Waals surface area contributed by atoms with E-state index in [0.29, 0.717) is 18.0 Å². The molecule has 5 rings (SSSR count). The highest BCUT2D eigenvalue weighted by Crippen LogP contribution is 2.61. The Morgan fingerprint density at radius 1 is 1.11 bits per heavy atom. The fourth-order valence-electron chi connectivity index (χ4n) is 6.50. The standard InChI is InChI=1S/C22H33NO3S/c1-16(2)21-18-11-17-12-19(21)15-22(13-17,14-18)26-10-6-9-23-27(24,25)20-7-4-3-5-8-20/h3-5,7-8,16-19,21,23H,6,9-15H2,1-2H3. The minimum absolute atomic E-state index is 0.0835. The Morgan fingerprint density at radius 3 is 2.41 bits per heavy atom. The minimum Gasteiger partial charge on any atom is -0.375 e. The van der Waals surface area contributed by atoms with Crippen molar-refractivity contribution in [3.05, 3.63) is 30.3 Å². The lowest BCUT2D eigenvalue weighted by molar-refractivity contribution is -0.189. The summed E-state index contributed by atoms with van der Waals surface area (Å²) in [5.41, 5.74) is 0.0835. The summed E-state index contributed by atoms with van der Waals surface area (Å²) in [5.74, 6) is 4.20. The molecule has 0 aliphatic heterocycles. The Bertz CT molecular complexity index is 730. The van der Waals surface area contributed by atoms with Gasteiger partial charge in [-0.05, 0) is 80.2 Å². The third kappa shape index (κ3) is 3.96. The molecule has 4 bridgehead atoms. The van der Waals surface area contributed by atoms with Gasteiger partial charge in [-0.2, -0.15) is 0 Å². The molecule has 4 aliphatic carbocycles. The Hall–Kier alpha value is -0.910. The van der Waals surface area contributed by atoms with Crippen LogP contribution in [0.4, 0.5) is 0 Å². The van der Waals surface area contributed by atoms with Crippen LogP contribution in [0.15, 0.2) is 35.2 Å². The largest absolute Gasteiger partial charge is 0.375 e. The zero-order valence-electron chi connectivity index (χ0n) is 16.6. The molecule has 2 atom stereocenters. The van der Waals surface area contributed by atoms with Crippen molar-refractivity contribution >= 4 is 10.0 Å². The van der Waals surface area contributed by atoms with Crippen LogP contribution in [0.3, 0.4) is 0 Å². The van der Waals surface area contributed by atoms with Crippen LogP contribution in [0, 0.1) is 29.6 Å². The maximum absolute atomic E-state index is 12.3. The fraction of sp³-hybridized carbons (Fsp3) is 0.727. The Morgan fingerprint density at radius 2 is 1.78 bits per heavy atom. The number of hydrogen-bond donors (Lipinski definition) is 1. The molecule has 1 aromatic carbocycles. The zero-order chi connectivity index (χ0) is 19.1. The molecular weight excluding hydrogens is 358 g/mol. The molecule has 0 heterocycles. The Balaban J connectivity index is 1.27. The van der Waals surface area contributed by atoms with Crippen molar-refractivity contribution in [2.45, 2.75) is 62.9 Å². The molecule has 1 aromatic rings. The van der Waals surface area contributed by atoms with Crippen LogP contribution in [-0.2, 0) is 14.8 Å². The molecular formula is C22H33NO3S. The van der Waals surface area contributed by atoms with E-state index in [-0.39, 0.29) is 5.60 Å². The zero-order valence-corrected chi connectivity index (χ0v) is 17.4. The highest BCUT2D eigenvalue weighted by Gasteiger charge is 2.56. The molecule has 0 radical (unpaired) electrons. The molecule has 0 spiro atoms. The van der Waals surface area contributed by atoms with Gasteiger partial charge in [0.1, 0.15) is 0 Å².